The van der Waals surface area contributed by atoms with Gasteiger partial charge in [-0.25, -0.2) is 0 Å². The van der Waals surface area contributed by atoms with Gasteiger partial charge in [-0.15, -0.1) is 16.8 Å². The number of thioether (sulfide) groups is 1. The first-order chi connectivity index (χ1) is 13.8. The second-order valence-electron chi connectivity index (χ2n) is 10.6. The quantitative estimate of drug-likeness (QED) is 0.482. The van der Waals surface area contributed by atoms with Crippen LogP contribution in [0.1, 0.15) is 83.9 Å². The molecule has 2 saturated carbocycles. The van der Waals surface area contributed by atoms with Crippen molar-refractivity contribution in [2.75, 3.05) is 12.3 Å². The van der Waals surface area contributed by atoms with E-state index in [1.165, 1.54) is 38.5 Å². The van der Waals surface area contributed by atoms with Crippen LogP contribution in [0, 0.1) is 10.8 Å². The minimum atomic E-state index is 0.258. The van der Waals surface area contributed by atoms with Crippen LogP contribution in [0.25, 0.3) is 0 Å². The summed E-state index contributed by atoms with van der Waals surface area (Å²) in [6.45, 7) is 12.6. The Bertz CT molecular complexity index is 767. The molecule has 0 N–H and O–H groups in total. The number of fused-ring (bicyclic) bond motifs is 2. The number of allylic oxidation sites excluding steroid dienone is 1. The Morgan fingerprint density at radius 3 is 2.69 bits per heavy atom. The molecule has 4 rings (SSSR count). The molecule has 5 nitrogen and oxygen atoms in total. The van der Waals surface area contributed by atoms with E-state index in [1.54, 1.807) is 11.8 Å². The molecule has 2 heterocycles. The predicted octanol–water partition coefficient (Wildman–Crippen LogP) is 5.03. The monoisotopic (exact) mass is 416 g/mol. The minimum Gasteiger partial charge on any atom is -0.338 e. The molecule has 6 heteroatoms. The van der Waals surface area contributed by atoms with E-state index >= 15 is 0 Å². The lowest BCUT2D eigenvalue weighted by atomic mass is 9.65. The molecule has 1 aromatic rings. The molecule has 0 aromatic carbocycles. The van der Waals surface area contributed by atoms with Gasteiger partial charge in [0.05, 0.1) is 5.75 Å². The molecule has 2 bridgehead atoms. The SMILES string of the molecule is C=CCn1c(SCC(=O)N2C[C@@]3(C)C[C@@H]2CC(C)(C)C3)nnc1C1CCCCC1. The van der Waals surface area contributed by atoms with Crippen LogP contribution in [-0.4, -0.2) is 43.9 Å². The number of rotatable bonds is 6. The van der Waals surface area contributed by atoms with Crippen molar-refractivity contribution >= 4 is 17.7 Å². The smallest absolute Gasteiger partial charge is 0.233 e. The van der Waals surface area contributed by atoms with Crippen molar-refractivity contribution in [2.24, 2.45) is 10.8 Å². The molecule has 2 atom stereocenters. The van der Waals surface area contributed by atoms with E-state index in [2.05, 4.69) is 47.0 Å². The van der Waals surface area contributed by atoms with E-state index in [1.807, 2.05) is 6.08 Å². The molecular formula is C23H36N4OS. The van der Waals surface area contributed by atoms with Crippen molar-refractivity contribution in [2.45, 2.75) is 95.8 Å². The normalized spacial score (nSPS) is 29.2. The molecule has 160 valence electrons. The first-order valence-corrected chi connectivity index (χ1v) is 12.3. The van der Waals surface area contributed by atoms with Gasteiger partial charge in [-0.05, 0) is 42.9 Å². The van der Waals surface area contributed by atoms with Gasteiger partial charge in [0.2, 0.25) is 5.91 Å². The van der Waals surface area contributed by atoms with Gasteiger partial charge in [-0.2, -0.15) is 0 Å². The lowest BCUT2D eigenvalue weighted by Gasteiger charge is -2.39. The molecule has 3 fully saturated rings. The Labute approximate surface area is 179 Å². The number of likely N-dealkylation sites (tertiary alicyclic amines) is 1. The summed E-state index contributed by atoms with van der Waals surface area (Å²) < 4.78 is 2.19. The van der Waals surface area contributed by atoms with Gasteiger partial charge in [0.15, 0.2) is 5.16 Å². The van der Waals surface area contributed by atoms with Crippen LogP contribution < -0.4 is 0 Å². The van der Waals surface area contributed by atoms with Gasteiger partial charge < -0.3 is 9.47 Å². The maximum atomic E-state index is 13.1. The number of amides is 1. The standard InChI is InChI=1S/C23H36N4OS/c1-5-11-26-20(17-9-7-6-8-10-17)24-25-21(26)29-14-19(28)27-16-23(4)13-18(27)12-22(2,3)15-23/h5,17-18H,1,6-16H2,2-4H3/t18-,23-/m0/s1. The average molecular weight is 417 g/mol. The van der Waals surface area contributed by atoms with Gasteiger partial charge in [0.1, 0.15) is 5.82 Å². The Morgan fingerprint density at radius 1 is 1.21 bits per heavy atom. The van der Waals surface area contributed by atoms with E-state index in [0.29, 0.717) is 29.7 Å². The fourth-order valence-corrected chi connectivity index (χ4v) is 7.17. The first kappa shape index (κ1) is 21.0. The third kappa shape index (κ3) is 4.42. The van der Waals surface area contributed by atoms with Crippen molar-refractivity contribution in [3.8, 4) is 0 Å². The summed E-state index contributed by atoms with van der Waals surface area (Å²) in [7, 11) is 0. The van der Waals surface area contributed by atoms with E-state index in [4.69, 9.17) is 0 Å². The van der Waals surface area contributed by atoms with Crippen molar-refractivity contribution in [3.63, 3.8) is 0 Å². The summed E-state index contributed by atoms with van der Waals surface area (Å²) in [5.74, 6) is 2.30. The maximum absolute atomic E-state index is 13.1. The van der Waals surface area contributed by atoms with Crippen LogP contribution in [0.5, 0.6) is 0 Å². The largest absolute Gasteiger partial charge is 0.338 e. The highest BCUT2D eigenvalue weighted by Gasteiger charge is 2.50. The molecule has 1 aromatic heterocycles. The lowest BCUT2D eigenvalue weighted by molar-refractivity contribution is -0.129. The Balaban J connectivity index is 1.43. The van der Waals surface area contributed by atoms with Gasteiger partial charge in [-0.1, -0.05) is 57.9 Å². The highest BCUT2D eigenvalue weighted by atomic mass is 32.2. The van der Waals surface area contributed by atoms with Gasteiger partial charge in [0, 0.05) is 25.0 Å². The molecule has 0 radical (unpaired) electrons. The Hall–Kier alpha value is -1.30. The van der Waals surface area contributed by atoms with E-state index in [-0.39, 0.29) is 11.3 Å². The number of carbonyl (C=O) groups excluding carboxylic acids is 1. The van der Waals surface area contributed by atoms with Gasteiger partial charge in [0.25, 0.3) is 0 Å². The number of hydrogen-bond acceptors (Lipinski definition) is 4. The van der Waals surface area contributed by atoms with Crippen molar-refractivity contribution in [1.29, 1.82) is 0 Å². The minimum absolute atomic E-state index is 0.258. The molecule has 1 saturated heterocycles. The fraction of sp³-hybridized carbons (Fsp3) is 0.783. The zero-order valence-electron chi connectivity index (χ0n) is 18.3. The summed E-state index contributed by atoms with van der Waals surface area (Å²) in [4.78, 5) is 15.3. The molecule has 2 aliphatic carbocycles. The topological polar surface area (TPSA) is 51.0 Å². The van der Waals surface area contributed by atoms with Crippen LogP contribution in [0.4, 0.5) is 0 Å². The van der Waals surface area contributed by atoms with Crippen molar-refractivity contribution < 1.29 is 4.79 Å². The second-order valence-corrected chi connectivity index (χ2v) is 11.5. The summed E-state index contributed by atoms with van der Waals surface area (Å²) in [5, 5.41) is 9.87. The van der Waals surface area contributed by atoms with Crippen LogP contribution in [0.15, 0.2) is 17.8 Å². The number of nitrogens with zero attached hydrogens (tertiary/aromatic N) is 4. The molecule has 29 heavy (non-hydrogen) atoms. The summed E-state index contributed by atoms with van der Waals surface area (Å²) in [5.41, 5.74) is 0.614. The number of hydrogen-bond donors (Lipinski definition) is 0. The number of aromatic nitrogens is 3. The zero-order valence-corrected chi connectivity index (χ0v) is 19.1. The Morgan fingerprint density at radius 2 is 1.97 bits per heavy atom. The van der Waals surface area contributed by atoms with Crippen LogP contribution in [-0.2, 0) is 11.3 Å². The van der Waals surface area contributed by atoms with E-state index in [0.717, 1.165) is 30.4 Å². The molecule has 1 amide bonds. The van der Waals surface area contributed by atoms with E-state index < -0.39 is 0 Å². The first-order valence-electron chi connectivity index (χ1n) is 11.3. The highest BCUT2D eigenvalue weighted by Crippen LogP contribution is 2.52. The maximum Gasteiger partial charge on any atom is 0.233 e. The molecule has 3 aliphatic rings. The van der Waals surface area contributed by atoms with Gasteiger partial charge >= 0.3 is 0 Å². The average Bonchev–Trinajstić information content (AvgIpc) is 3.17. The van der Waals surface area contributed by atoms with Crippen LogP contribution in [0.2, 0.25) is 0 Å². The summed E-state index contributed by atoms with van der Waals surface area (Å²) in [6.07, 6.45) is 11.7. The van der Waals surface area contributed by atoms with Crippen molar-refractivity contribution in [1.82, 2.24) is 19.7 Å². The second kappa shape index (κ2) is 8.09. The molecule has 0 spiro atoms. The third-order valence-electron chi connectivity index (χ3n) is 7.09. The summed E-state index contributed by atoms with van der Waals surface area (Å²) in [6, 6.07) is 0.403. The molecule has 1 aliphatic heterocycles. The van der Waals surface area contributed by atoms with Crippen LogP contribution >= 0.6 is 11.8 Å². The lowest BCUT2D eigenvalue weighted by Crippen LogP contribution is -2.38. The van der Waals surface area contributed by atoms with Crippen molar-refractivity contribution in [3.05, 3.63) is 18.5 Å². The van der Waals surface area contributed by atoms with E-state index in [9.17, 15) is 4.79 Å². The number of carbonyl (C=O) groups is 1. The zero-order chi connectivity index (χ0) is 20.6. The molecular weight excluding hydrogens is 380 g/mol. The van der Waals surface area contributed by atoms with Gasteiger partial charge in [-0.3, -0.25) is 4.79 Å². The Kier molecular flexibility index (Phi) is 5.84. The highest BCUT2D eigenvalue weighted by molar-refractivity contribution is 7.99. The summed E-state index contributed by atoms with van der Waals surface area (Å²) >= 11 is 1.55. The fourth-order valence-electron chi connectivity index (χ4n) is 6.33. The molecule has 0 unspecified atom stereocenters. The third-order valence-corrected chi connectivity index (χ3v) is 8.04. The van der Waals surface area contributed by atoms with Crippen LogP contribution in [0.3, 0.4) is 0 Å². The predicted molar refractivity (Wildman–Crippen MR) is 118 cm³/mol.